The van der Waals surface area contributed by atoms with Crippen LogP contribution in [0.5, 0.6) is 0 Å². The number of nitrogens with zero attached hydrogens (tertiary/aromatic N) is 4. The van der Waals surface area contributed by atoms with Gasteiger partial charge >= 0.3 is 0 Å². The lowest BCUT2D eigenvalue weighted by atomic mass is 9.91. The summed E-state index contributed by atoms with van der Waals surface area (Å²) in [5.41, 5.74) is 0.577. The summed E-state index contributed by atoms with van der Waals surface area (Å²) in [5.74, 6) is 0.568. The second kappa shape index (κ2) is 8.04. The Balaban J connectivity index is 1.34. The van der Waals surface area contributed by atoms with Gasteiger partial charge in [0.15, 0.2) is 0 Å². The quantitative estimate of drug-likeness (QED) is 0.697. The van der Waals surface area contributed by atoms with E-state index in [1.54, 1.807) is 23.2 Å². The Morgan fingerprint density at radius 3 is 2.83 bits per heavy atom. The fourth-order valence-electron chi connectivity index (χ4n) is 3.63. The van der Waals surface area contributed by atoms with Crippen LogP contribution in [-0.2, 0) is 17.8 Å². The molecule has 4 rings (SSSR count). The van der Waals surface area contributed by atoms with Gasteiger partial charge in [-0.15, -0.1) is 11.3 Å². The van der Waals surface area contributed by atoms with Gasteiger partial charge in [-0.3, -0.25) is 4.79 Å². The van der Waals surface area contributed by atoms with Crippen LogP contribution in [0, 0.1) is 12.7 Å². The first-order chi connectivity index (χ1) is 13.9. The van der Waals surface area contributed by atoms with Crippen molar-refractivity contribution in [2.24, 2.45) is 0 Å². The van der Waals surface area contributed by atoms with Gasteiger partial charge in [0.1, 0.15) is 16.6 Å². The number of aromatic nitrogens is 3. The summed E-state index contributed by atoms with van der Waals surface area (Å²) < 4.78 is 15.4. The summed E-state index contributed by atoms with van der Waals surface area (Å²) in [6.07, 6.45) is 4.86. The summed E-state index contributed by atoms with van der Waals surface area (Å²) in [5, 5.41) is 13.4. The maximum atomic E-state index is 13.4. The Morgan fingerprint density at radius 2 is 2.14 bits per heavy atom. The maximum Gasteiger partial charge on any atom is 0.228 e. The predicted molar refractivity (Wildman–Crippen MR) is 109 cm³/mol. The number of benzene rings is 1. The van der Waals surface area contributed by atoms with Crippen molar-refractivity contribution in [2.45, 2.75) is 38.3 Å². The number of likely N-dealkylation sites (tertiary alicyclic amines) is 1. The van der Waals surface area contributed by atoms with Crippen LogP contribution < -0.4 is 0 Å². The molecule has 3 aromatic rings. The molecule has 1 saturated heterocycles. The lowest BCUT2D eigenvalue weighted by Gasteiger charge is -2.38. The van der Waals surface area contributed by atoms with Gasteiger partial charge in [0, 0.05) is 36.4 Å². The molecule has 6 nitrogen and oxygen atoms in total. The standard InChI is InChI=1S/C21H23FN4O2S/c1-15-23-7-10-26(15)14-21(28)5-8-25(9-6-21)19(27)12-18-13-29-20(24-18)16-3-2-4-17(22)11-16/h2-4,7,10-11,13,28H,5-6,8-9,12,14H2,1H3. The highest BCUT2D eigenvalue weighted by molar-refractivity contribution is 7.13. The molecule has 1 aromatic carbocycles. The SMILES string of the molecule is Cc1nccn1CC1(O)CCN(C(=O)Cc2csc(-c3cccc(F)c3)n2)CC1. The third-order valence-electron chi connectivity index (χ3n) is 5.39. The van der Waals surface area contributed by atoms with E-state index in [1.807, 2.05) is 23.1 Å². The van der Waals surface area contributed by atoms with Gasteiger partial charge in [0.2, 0.25) is 5.91 Å². The minimum absolute atomic E-state index is 0.00181. The van der Waals surface area contributed by atoms with Crippen LogP contribution in [-0.4, -0.2) is 49.1 Å². The van der Waals surface area contributed by atoms with Crippen molar-refractivity contribution < 1.29 is 14.3 Å². The largest absolute Gasteiger partial charge is 0.388 e. The number of rotatable bonds is 5. The molecule has 1 fully saturated rings. The van der Waals surface area contributed by atoms with Crippen LogP contribution in [0.1, 0.15) is 24.4 Å². The first-order valence-electron chi connectivity index (χ1n) is 9.60. The third kappa shape index (κ3) is 4.54. The molecule has 2 aromatic heterocycles. The molecule has 0 spiro atoms. The number of hydrogen-bond acceptors (Lipinski definition) is 5. The average molecular weight is 415 g/mol. The van der Waals surface area contributed by atoms with Gasteiger partial charge in [0.25, 0.3) is 0 Å². The number of aliphatic hydroxyl groups is 1. The molecule has 1 N–H and O–H groups in total. The summed E-state index contributed by atoms with van der Waals surface area (Å²) >= 11 is 1.41. The number of imidazole rings is 1. The number of amides is 1. The molecule has 0 saturated carbocycles. The van der Waals surface area contributed by atoms with Crippen molar-refractivity contribution in [1.29, 1.82) is 0 Å². The van der Waals surface area contributed by atoms with Crippen molar-refractivity contribution in [1.82, 2.24) is 19.4 Å². The molecule has 0 radical (unpaired) electrons. The molecule has 0 unspecified atom stereocenters. The van der Waals surface area contributed by atoms with Gasteiger partial charge in [-0.25, -0.2) is 14.4 Å². The smallest absolute Gasteiger partial charge is 0.228 e. The van der Waals surface area contributed by atoms with E-state index in [9.17, 15) is 14.3 Å². The highest BCUT2D eigenvalue weighted by Crippen LogP contribution is 2.27. The maximum absolute atomic E-state index is 13.4. The van der Waals surface area contributed by atoms with Gasteiger partial charge in [0.05, 0.1) is 24.3 Å². The summed E-state index contributed by atoms with van der Waals surface area (Å²) in [6.45, 7) is 3.44. The Kier molecular flexibility index (Phi) is 5.47. The van der Waals surface area contributed by atoms with Crippen LogP contribution in [0.2, 0.25) is 0 Å². The molecule has 0 aliphatic carbocycles. The minimum Gasteiger partial charge on any atom is -0.388 e. The van der Waals surface area contributed by atoms with Crippen LogP contribution in [0.15, 0.2) is 42.0 Å². The fourth-order valence-corrected chi connectivity index (χ4v) is 4.44. The summed E-state index contributed by atoms with van der Waals surface area (Å²) in [4.78, 5) is 23.2. The molecule has 152 valence electrons. The van der Waals surface area contributed by atoms with E-state index < -0.39 is 5.60 Å². The van der Waals surface area contributed by atoms with Gasteiger partial charge in [-0.2, -0.15) is 0 Å². The van der Waals surface area contributed by atoms with Gasteiger partial charge < -0.3 is 14.6 Å². The number of carbonyl (C=O) groups excluding carboxylic acids is 1. The van der Waals surface area contributed by atoms with E-state index in [2.05, 4.69) is 9.97 Å². The molecular weight excluding hydrogens is 391 g/mol. The Labute approximate surface area is 172 Å². The normalized spacial score (nSPS) is 16.2. The van der Waals surface area contributed by atoms with E-state index in [1.165, 1.54) is 23.5 Å². The zero-order valence-corrected chi connectivity index (χ0v) is 17.0. The van der Waals surface area contributed by atoms with Crippen molar-refractivity contribution in [3.05, 3.63) is 59.4 Å². The van der Waals surface area contributed by atoms with Crippen LogP contribution >= 0.6 is 11.3 Å². The molecule has 8 heteroatoms. The Morgan fingerprint density at radius 1 is 1.34 bits per heavy atom. The molecular formula is C21H23FN4O2S. The average Bonchev–Trinajstić information content (AvgIpc) is 3.31. The molecule has 0 bridgehead atoms. The molecule has 1 aliphatic rings. The molecule has 3 heterocycles. The van der Waals surface area contributed by atoms with E-state index in [4.69, 9.17) is 0 Å². The zero-order valence-electron chi connectivity index (χ0n) is 16.2. The van der Waals surface area contributed by atoms with Gasteiger partial charge in [-0.1, -0.05) is 12.1 Å². The Bertz CT molecular complexity index is 1010. The molecule has 1 aliphatic heterocycles. The fraction of sp³-hybridized carbons (Fsp3) is 0.381. The number of hydrogen-bond donors (Lipinski definition) is 1. The minimum atomic E-state index is -0.826. The lowest BCUT2D eigenvalue weighted by Crippen LogP contribution is -2.49. The highest BCUT2D eigenvalue weighted by atomic mass is 32.1. The van der Waals surface area contributed by atoms with E-state index in [-0.39, 0.29) is 18.1 Å². The van der Waals surface area contributed by atoms with Crippen molar-refractivity contribution >= 4 is 17.2 Å². The van der Waals surface area contributed by atoms with Crippen molar-refractivity contribution in [2.75, 3.05) is 13.1 Å². The predicted octanol–water partition coefficient (Wildman–Crippen LogP) is 3.05. The Hall–Kier alpha value is -2.58. The number of halogens is 1. The number of aryl methyl sites for hydroxylation is 1. The van der Waals surface area contributed by atoms with Crippen LogP contribution in [0.25, 0.3) is 10.6 Å². The van der Waals surface area contributed by atoms with Crippen molar-refractivity contribution in [3.8, 4) is 10.6 Å². The monoisotopic (exact) mass is 414 g/mol. The molecule has 1 amide bonds. The first kappa shape index (κ1) is 19.7. The molecule has 0 atom stereocenters. The van der Waals surface area contributed by atoms with Crippen LogP contribution in [0.3, 0.4) is 0 Å². The molecule has 29 heavy (non-hydrogen) atoms. The first-order valence-corrected chi connectivity index (χ1v) is 10.5. The topological polar surface area (TPSA) is 71.2 Å². The van der Waals surface area contributed by atoms with Gasteiger partial charge in [-0.05, 0) is 31.9 Å². The van der Waals surface area contributed by atoms with Crippen molar-refractivity contribution in [3.63, 3.8) is 0 Å². The van der Waals surface area contributed by atoms with E-state index in [0.29, 0.717) is 48.7 Å². The third-order valence-corrected chi connectivity index (χ3v) is 6.33. The number of carbonyl (C=O) groups is 1. The highest BCUT2D eigenvalue weighted by Gasteiger charge is 2.34. The second-order valence-corrected chi connectivity index (χ2v) is 8.40. The summed E-state index contributed by atoms with van der Waals surface area (Å²) in [7, 11) is 0. The second-order valence-electron chi connectivity index (χ2n) is 7.54. The lowest BCUT2D eigenvalue weighted by molar-refractivity contribution is -0.135. The number of piperidine rings is 1. The summed E-state index contributed by atoms with van der Waals surface area (Å²) in [6, 6.07) is 6.29. The van der Waals surface area contributed by atoms with E-state index in [0.717, 1.165) is 5.82 Å². The zero-order chi connectivity index (χ0) is 20.4. The van der Waals surface area contributed by atoms with E-state index >= 15 is 0 Å². The van der Waals surface area contributed by atoms with Crippen LogP contribution in [0.4, 0.5) is 4.39 Å². The number of thiazole rings is 1.